The maximum atomic E-state index is 11.5. The Kier molecular flexibility index (Phi) is 9.97. The van der Waals surface area contributed by atoms with Gasteiger partial charge in [0.25, 0.3) is 0 Å². The first kappa shape index (κ1) is 23.2. The van der Waals surface area contributed by atoms with Crippen LogP contribution in [0.15, 0.2) is 0 Å². The molecule has 0 saturated heterocycles. The predicted molar refractivity (Wildman–Crippen MR) is 97.8 cm³/mol. The second kappa shape index (κ2) is 10.3. The van der Waals surface area contributed by atoms with Gasteiger partial charge in [-0.25, -0.2) is 0 Å². The van der Waals surface area contributed by atoms with Crippen molar-refractivity contribution >= 4 is 23.7 Å². The van der Waals surface area contributed by atoms with Gasteiger partial charge in [-0.05, 0) is 24.2 Å². The third-order valence-corrected chi connectivity index (χ3v) is 6.52. The summed E-state index contributed by atoms with van der Waals surface area (Å²) in [6.07, 6.45) is 3.71. The number of carboxylic acid groups (broad SMARTS) is 2. The van der Waals surface area contributed by atoms with E-state index in [0.29, 0.717) is 29.1 Å². The van der Waals surface area contributed by atoms with E-state index >= 15 is 0 Å². The van der Waals surface area contributed by atoms with Crippen molar-refractivity contribution < 1.29 is 24.3 Å². The number of quaternary nitrogens is 1. The molecule has 2 atom stereocenters. The number of aliphatic carboxylic acids is 2. The van der Waals surface area contributed by atoms with E-state index in [1.807, 2.05) is 14.1 Å². The van der Waals surface area contributed by atoms with E-state index in [1.165, 1.54) is 11.8 Å². The Morgan fingerprint density at radius 3 is 2.29 bits per heavy atom. The summed E-state index contributed by atoms with van der Waals surface area (Å²) in [5.74, 6) is -0.631. The highest BCUT2D eigenvalue weighted by Gasteiger charge is 2.27. The molecule has 0 fully saturated rings. The van der Waals surface area contributed by atoms with Gasteiger partial charge >= 0.3 is 5.97 Å². The molecule has 142 valence electrons. The van der Waals surface area contributed by atoms with Gasteiger partial charge in [0, 0.05) is 5.75 Å². The molecule has 0 rings (SSSR count). The summed E-state index contributed by atoms with van der Waals surface area (Å²) in [5, 5.41) is 19.7. The lowest BCUT2D eigenvalue weighted by Gasteiger charge is -2.33. The normalized spacial score (nSPS) is 16.0. The Morgan fingerprint density at radius 1 is 1.29 bits per heavy atom. The quantitative estimate of drug-likeness (QED) is 0.509. The van der Waals surface area contributed by atoms with Gasteiger partial charge in [-0.15, -0.1) is 11.8 Å². The summed E-state index contributed by atoms with van der Waals surface area (Å²) in [7, 11) is 3.64. The molecule has 0 aromatic carbocycles. The van der Waals surface area contributed by atoms with Crippen molar-refractivity contribution in [1.82, 2.24) is 0 Å². The van der Waals surface area contributed by atoms with Crippen LogP contribution in [-0.4, -0.2) is 59.7 Å². The monoisotopic (exact) mass is 361 g/mol. The molecule has 1 N–H and O–H groups in total. The Morgan fingerprint density at radius 2 is 1.88 bits per heavy atom. The van der Waals surface area contributed by atoms with E-state index < -0.39 is 17.2 Å². The molecular formula is C18H35NO4S. The van der Waals surface area contributed by atoms with Crippen LogP contribution >= 0.6 is 11.8 Å². The molecule has 0 saturated carbocycles. The molecule has 0 aliphatic carbocycles. The van der Waals surface area contributed by atoms with Crippen molar-refractivity contribution in [3.63, 3.8) is 0 Å². The Hall–Kier alpha value is -0.750. The second-order valence-corrected chi connectivity index (χ2v) is 9.25. The largest absolute Gasteiger partial charge is 0.544 e. The summed E-state index contributed by atoms with van der Waals surface area (Å²) < 4.78 is 0.308. The molecule has 0 spiro atoms. The lowest BCUT2D eigenvalue weighted by molar-refractivity contribution is -0.882. The molecule has 24 heavy (non-hydrogen) atoms. The number of likely N-dealkylation sites (N-methyl/N-ethyl adjacent to an activating group) is 1. The van der Waals surface area contributed by atoms with Crippen LogP contribution in [-0.2, 0) is 9.59 Å². The van der Waals surface area contributed by atoms with Gasteiger partial charge in [-0.3, -0.25) is 4.79 Å². The molecule has 0 aliphatic rings. The first-order valence-electron chi connectivity index (χ1n) is 8.80. The predicted octanol–water partition coefficient (Wildman–Crippen LogP) is 2.24. The summed E-state index contributed by atoms with van der Waals surface area (Å²) in [4.78, 5) is 22.2. The third kappa shape index (κ3) is 8.92. The number of rotatable bonds is 13. The highest BCUT2D eigenvalue weighted by atomic mass is 32.2. The lowest BCUT2D eigenvalue weighted by Crippen LogP contribution is -2.49. The summed E-state index contributed by atoms with van der Waals surface area (Å²) in [5.41, 5.74) is 0.265. The maximum Gasteiger partial charge on any atom is 0.316 e. The molecule has 0 amide bonds. The maximum absolute atomic E-state index is 11.5. The van der Waals surface area contributed by atoms with E-state index in [9.17, 15) is 19.8 Å². The van der Waals surface area contributed by atoms with Gasteiger partial charge in [0.15, 0.2) is 0 Å². The molecule has 0 radical (unpaired) electrons. The minimum Gasteiger partial charge on any atom is -0.544 e. The van der Waals surface area contributed by atoms with Crippen molar-refractivity contribution in [1.29, 1.82) is 0 Å². The minimum absolute atomic E-state index is 0.0540. The number of carbonyl (C=O) groups is 2. The molecule has 0 aromatic rings. The molecule has 5 nitrogen and oxygen atoms in total. The van der Waals surface area contributed by atoms with Gasteiger partial charge < -0.3 is 19.5 Å². The van der Waals surface area contributed by atoms with Crippen LogP contribution in [0.2, 0.25) is 0 Å². The zero-order chi connectivity index (χ0) is 19.0. The first-order chi connectivity index (χ1) is 10.9. The highest BCUT2D eigenvalue weighted by molar-refractivity contribution is 8.00. The molecule has 6 heteroatoms. The molecule has 0 bridgehead atoms. The van der Waals surface area contributed by atoms with Crippen LogP contribution in [0.3, 0.4) is 0 Å². The average Bonchev–Trinajstić information content (AvgIpc) is 2.43. The Bertz CT molecular complexity index is 412. The van der Waals surface area contributed by atoms with Gasteiger partial charge in [0.05, 0.1) is 26.6 Å². The number of carbonyl (C=O) groups excluding carboxylic acids is 1. The van der Waals surface area contributed by atoms with Crippen LogP contribution in [0.5, 0.6) is 0 Å². The number of thioether (sulfide) groups is 1. The lowest BCUT2D eigenvalue weighted by atomic mass is 9.73. The van der Waals surface area contributed by atoms with Crippen LogP contribution in [0.25, 0.3) is 0 Å². The van der Waals surface area contributed by atoms with E-state index in [-0.39, 0.29) is 12.0 Å². The van der Waals surface area contributed by atoms with E-state index in [1.54, 1.807) is 0 Å². The molecule has 0 aromatic heterocycles. The van der Waals surface area contributed by atoms with Crippen molar-refractivity contribution in [2.75, 3.05) is 32.9 Å². The van der Waals surface area contributed by atoms with Crippen molar-refractivity contribution in [2.24, 2.45) is 11.3 Å². The van der Waals surface area contributed by atoms with Crippen LogP contribution in [0.4, 0.5) is 0 Å². The first-order valence-corrected chi connectivity index (χ1v) is 9.84. The fourth-order valence-corrected chi connectivity index (χ4v) is 4.07. The van der Waals surface area contributed by atoms with Crippen molar-refractivity contribution in [2.45, 2.75) is 58.6 Å². The Labute approximate surface area is 151 Å². The van der Waals surface area contributed by atoms with Gasteiger partial charge in [-0.1, -0.05) is 40.5 Å². The van der Waals surface area contributed by atoms with E-state index in [2.05, 4.69) is 27.7 Å². The third-order valence-electron chi connectivity index (χ3n) is 5.26. The number of nitrogens with zero attached hydrogens (tertiary/aromatic N) is 1. The number of carboxylic acids is 2. The summed E-state index contributed by atoms with van der Waals surface area (Å²) in [6.45, 7) is 9.48. The topological polar surface area (TPSA) is 77.4 Å². The number of hydrogen-bond donors (Lipinski definition) is 1. The zero-order valence-corrected chi connectivity index (χ0v) is 16.9. The highest BCUT2D eigenvalue weighted by Crippen LogP contribution is 2.36. The van der Waals surface area contributed by atoms with Gasteiger partial charge in [0.2, 0.25) is 0 Å². The molecular weight excluding hydrogens is 326 g/mol. The summed E-state index contributed by atoms with van der Waals surface area (Å²) >= 11 is 1.42. The Balaban J connectivity index is 4.38. The molecule has 0 heterocycles. The van der Waals surface area contributed by atoms with Crippen molar-refractivity contribution in [3.8, 4) is 0 Å². The zero-order valence-electron chi connectivity index (χ0n) is 16.1. The summed E-state index contributed by atoms with van der Waals surface area (Å²) in [6, 6.07) is 0. The molecule has 0 aliphatic heterocycles. The fraction of sp³-hybridized carbons (Fsp3) is 0.889. The average molecular weight is 362 g/mol. The van der Waals surface area contributed by atoms with Gasteiger partial charge in [0.1, 0.15) is 11.8 Å². The minimum atomic E-state index is -1.08. The van der Waals surface area contributed by atoms with Crippen molar-refractivity contribution in [3.05, 3.63) is 0 Å². The van der Waals surface area contributed by atoms with E-state index in [0.717, 1.165) is 19.3 Å². The number of hydrogen-bond acceptors (Lipinski definition) is 4. The van der Waals surface area contributed by atoms with Crippen LogP contribution in [0.1, 0.15) is 53.4 Å². The molecule has 2 unspecified atom stereocenters. The fourth-order valence-electron chi connectivity index (χ4n) is 2.71. The SMILES string of the molecule is CCC(C)(CCCC(SCC[N+](C)(C)CC(=O)[O-])C(=O)O)C(C)C. The second-order valence-electron chi connectivity index (χ2n) is 7.94. The standard InChI is InChI=1S/C18H35NO4S/c1-7-18(4,14(2)3)10-8-9-15(17(22)23)24-12-11-19(5,6)13-16(20)21/h14-15H,7-13H2,1-6H3,(H-,20,21,22,23). The smallest absolute Gasteiger partial charge is 0.316 e. The van der Waals surface area contributed by atoms with E-state index in [4.69, 9.17) is 0 Å². The van der Waals surface area contributed by atoms with Crippen LogP contribution in [0, 0.1) is 11.3 Å². The van der Waals surface area contributed by atoms with Gasteiger partial charge in [-0.2, -0.15) is 0 Å². The van der Waals surface area contributed by atoms with Crippen LogP contribution < -0.4 is 5.11 Å².